The molecule has 0 bridgehead atoms. The van der Waals surface area contributed by atoms with Crippen molar-refractivity contribution in [2.45, 2.75) is 39.3 Å². The van der Waals surface area contributed by atoms with Gasteiger partial charge in [-0.15, -0.1) is 5.10 Å². The highest BCUT2D eigenvalue weighted by Crippen LogP contribution is 2.02. The van der Waals surface area contributed by atoms with Crippen LogP contribution in [0.5, 0.6) is 0 Å². The molecule has 0 fully saturated rings. The average Bonchev–Trinajstić information content (AvgIpc) is 2.94. The zero-order valence-corrected chi connectivity index (χ0v) is 13.2. The van der Waals surface area contributed by atoms with Crippen molar-refractivity contribution in [3.63, 3.8) is 0 Å². The lowest BCUT2D eigenvalue weighted by atomic mass is 10.3. The first-order valence-electron chi connectivity index (χ1n) is 7.63. The Labute approximate surface area is 126 Å². The zero-order valence-electron chi connectivity index (χ0n) is 13.2. The summed E-state index contributed by atoms with van der Waals surface area (Å²) in [6.07, 6.45) is 4.11. The van der Waals surface area contributed by atoms with E-state index < -0.39 is 0 Å². The third-order valence-corrected chi connectivity index (χ3v) is 2.87. The second kappa shape index (κ2) is 11.6. The first-order valence-corrected chi connectivity index (χ1v) is 7.63. The van der Waals surface area contributed by atoms with Crippen LogP contribution in [0, 0.1) is 0 Å². The maximum Gasteiger partial charge on any atom is 0.0991 e. The van der Waals surface area contributed by atoms with Crippen LogP contribution in [-0.2, 0) is 20.8 Å². The molecule has 0 saturated carbocycles. The minimum Gasteiger partial charge on any atom is -0.379 e. The molecule has 122 valence electrons. The molecule has 7 nitrogen and oxygen atoms in total. The summed E-state index contributed by atoms with van der Waals surface area (Å²) in [5.74, 6) is 0. The smallest absolute Gasteiger partial charge is 0.0991 e. The highest BCUT2D eigenvalue weighted by atomic mass is 16.5. The lowest BCUT2D eigenvalue weighted by Crippen LogP contribution is -2.12. The van der Waals surface area contributed by atoms with Crippen molar-refractivity contribution in [1.29, 1.82) is 0 Å². The first-order chi connectivity index (χ1) is 10.2. The van der Waals surface area contributed by atoms with Crippen LogP contribution >= 0.6 is 0 Å². The fraction of sp³-hybridized carbons (Fsp3) is 0.857. The van der Waals surface area contributed by atoms with Gasteiger partial charge in [0.2, 0.25) is 0 Å². The van der Waals surface area contributed by atoms with Crippen molar-refractivity contribution in [3.8, 4) is 0 Å². The molecular weight excluding hydrogens is 272 g/mol. The number of rotatable bonds is 13. The van der Waals surface area contributed by atoms with Crippen molar-refractivity contribution >= 4 is 0 Å². The van der Waals surface area contributed by atoms with E-state index in [2.05, 4.69) is 17.2 Å². The number of unbranched alkanes of at least 4 members (excludes halogenated alkanes) is 1. The molecule has 0 aliphatic rings. The summed E-state index contributed by atoms with van der Waals surface area (Å²) in [4.78, 5) is 0. The van der Waals surface area contributed by atoms with Crippen molar-refractivity contribution in [2.75, 3.05) is 39.6 Å². The van der Waals surface area contributed by atoms with Crippen LogP contribution in [0.1, 0.15) is 38.4 Å². The largest absolute Gasteiger partial charge is 0.379 e. The first kappa shape index (κ1) is 18.0. The fourth-order valence-corrected chi connectivity index (χ4v) is 1.58. The van der Waals surface area contributed by atoms with E-state index in [9.17, 15) is 0 Å². The number of hydrogen-bond donors (Lipinski definition) is 1. The van der Waals surface area contributed by atoms with Gasteiger partial charge >= 0.3 is 0 Å². The van der Waals surface area contributed by atoms with Crippen molar-refractivity contribution in [1.82, 2.24) is 15.0 Å². The molecule has 1 atom stereocenters. The molecule has 0 aliphatic carbocycles. The number of hydrogen-bond acceptors (Lipinski definition) is 6. The summed E-state index contributed by atoms with van der Waals surface area (Å²) in [5.41, 5.74) is 6.51. The van der Waals surface area contributed by atoms with Crippen LogP contribution in [0.2, 0.25) is 0 Å². The molecule has 21 heavy (non-hydrogen) atoms. The van der Waals surface area contributed by atoms with Crippen LogP contribution in [-0.4, -0.2) is 54.6 Å². The fourth-order valence-electron chi connectivity index (χ4n) is 1.58. The predicted molar refractivity (Wildman–Crippen MR) is 80.0 cm³/mol. The predicted octanol–water partition coefficient (Wildman–Crippen LogP) is 1.15. The molecule has 7 heteroatoms. The Morgan fingerprint density at radius 1 is 1.10 bits per heavy atom. The SMILES string of the molecule is CCCCOCCOCCOCCn1cc(C(C)N)nn1. The normalized spacial score (nSPS) is 12.7. The van der Waals surface area contributed by atoms with Crippen molar-refractivity contribution in [3.05, 3.63) is 11.9 Å². The Balaban J connectivity index is 1.88. The molecule has 0 spiro atoms. The lowest BCUT2D eigenvalue weighted by Gasteiger charge is -2.06. The van der Waals surface area contributed by atoms with Gasteiger partial charge in [-0.1, -0.05) is 18.6 Å². The van der Waals surface area contributed by atoms with Crippen molar-refractivity contribution in [2.24, 2.45) is 5.73 Å². The summed E-state index contributed by atoms with van der Waals surface area (Å²) in [6, 6.07) is -0.0902. The van der Waals surface area contributed by atoms with E-state index in [4.69, 9.17) is 19.9 Å². The molecule has 1 unspecified atom stereocenters. The minimum atomic E-state index is -0.0902. The molecule has 2 N–H and O–H groups in total. The second-order valence-electron chi connectivity index (χ2n) is 4.89. The van der Waals surface area contributed by atoms with E-state index in [1.54, 1.807) is 4.68 Å². The topological polar surface area (TPSA) is 84.4 Å². The van der Waals surface area contributed by atoms with E-state index in [-0.39, 0.29) is 6.04 Å². The summed E-state index contributed by atoms with van der Waals surface area (Å²) < 4.78 is 18.0. The lowest BCUT2D eigenvalue weighted by molar-refractivity contribution is 0.0123. The number of nitrogens with zero attached hydrogens (tertiary/aromatic N) is 3. The van der Waals surface area contributed by atoms with Gasteiger partial charge in [-0.2, -0.15) is 0 Å². The number of aromatic nitrogens is 3. The molecule has 1 heterocycles. The highest BCUT2D eigenvalue weighted by Gasteiger charge is 2.04. The summed E-state index contributed by atoms with van der Waals surface area (Å²) >= 11 is 0. The van der Waals surface area contributed by atoms with Gasteiger partial charge in [-0.05, 0) is 13.3 Å². The molecule has 1 aromatic heterocycles. The Morgan fingerprint density at radius 3 is 2.29 bits per heavy atom. The van der Waals surface area contributed by atoms with Crippen molar-refractivity contribution < 1.29 is 14.2 Å². The number of nitrogens with two attached hydrogens (primary N) is 1. The van der Waals surface area contributed by atoms with Gasteiger partial charge in [-0.3, -0.25) is 0 Å². The molecule has 0 saturated heterocycles. The van der Waals surface area contributed by atoms with Gasteiger partial charge in [0, 0.05) is 12.6 Å². The van der Waals surface area contributed by atoms with E-state index in [1.165, 1.54) is 0 Å². The zero-order chi connectivity index (χ0) is 15.3. The van der Waals surface area contributed by atoms with E-state index in [0.29, 0.717) is 39.6 Å². The molecule has 1 aromatic rings. The Kier molecular flexibility index (Phi) is 9.98. The van der Waals surface area contributed by atoms with Crippen LogP contribution in [0.3, 0.4) is 0 Å². The average molecular weight is 300 g/mol. The molecule has 0 radical (unpaired) electrons. The molecule has 0 amide bonds. The Bertz CT molecular complexity index is 358. The molecule has 0 aromatic carbocycles. The Hall–Kier alpha value is -1.02. The highest BCUT2D eigenvalue weighted by molar-refractivity contribution is 4.97. The summed E-state index contributed by atoms with van der Waals surface area (Å²) in [7, 11) is 0. The third kappa shape index (κ3) is 8.77. The van der Waals surface area contributed by atoms with E-state index in [0.717, 1.165) is 25.1 Å². The number of ether oxygens (including phenoxy) is 3. The van der Waals surface area contributed by atoms with Gasteiger partial charge in [0.25, 0.3) is 0 Å². The summed E-state index contributed by atoms with van der Waals surface area (Å²) in [6.45, 7) is 8.52. The van der Waals surface area contributed by atoms with E-state index in [1.807, 2.05) is 13.1 Å². The van der Waals surface area contributed by atoms with Gasteiger partial charge in [-0.25, -0.2) is 4.68 Å². The summed E-state index contributed by atoms with van der Waals surface area (Å²) in [5, 5.41) is 7.96. The monoisotopic (exact) mass is 300 g/mol. The van der Waals surface area contributed by atoms with Gasteiger partial charge in [0.15, 0.2) is 0 Å². The van der Waals surface area contributed by atoms with E-state index >= 15 is 0 Å². The second-order valence-corrected chi connectivity index (χ2v) is 4.89. The molecule has 0 aliphatic heterocycles. The van der Waals surface area contributed by atoms with Crippen LogP contribution in [0.4, 0.5) is 0 Å². The van der Waals surface area contributed by atoms with Gasteiger partial charge < -0.3 is 19.9 Å². The molecular formula is C14H28N4O3. The maximum absolute atomic E-state index is 5.71. The van der Waals surface area contributed by atoms with Gasteiger partial charge in [0.1, 0.15) is 0 Å². The molecule has 1 rings (SSSR count). The van der Waals surface area contributed by atoms with Crippen LogP contribution in [0.15, 0.2) is 6.20 Å². The Morgan fingerprint density at radius 2 is 1.71 bits per heavy atom. The third-order valence-electron chi connectivity index (χ3n) is 2.87. The standard InChI is InChI=1S/C14H28N4O3/c1-3-4-6-19-8-10-21-11-9-20-7-5-18-12-14(13(2)15)16-17-18/h12-13H,3-11,15H2,1-2H3. The van der Waals surface area contributed by atoms with Crippen LogP contribution in [0.25, 0.3) is 0 Å². The van der Waals surface area contributed by atoms with Gasteiger partial charge in [0.05, 0.1) is 51.5 Å². The van der Waals surface area contributed by atoms with Crippen LogP contribution < -0.4 is 5.73 Å². The quantitative estimate of drug-likeness (QED) is 0.550. The minimum absolute atomic E-state index is 0.0902. The maximum atomic E-state index is 5.71.